The number of guanidine groups is 1. The van der Waals surface area contributed by atoms with Crippen LogP contribution in [-0.4, -0.2) is 57.9 Å². The van der Waals surface area contributed by atoms with Gasteiger partial charge < -0.3 is 19.7 Å². The van der Waals surface area contributed by atoms with Crippen LogP contribution in [0.5, 0.6) is 0 Å². The van der Waals surface area contributed by atoms with E-state index in [4.69, 9.17) is 11.6 Å². The molecule has 0 saturated carbocycles. The van der Waals surface area contributed by atoms with Crippen LogP contribution in [0.1, 0.15) is 25.2 Å². The van der Waals surface area contributed by atoms with Crippen molar-refractivity contribution in [2.24, 2.45) is 10.9 Å². The Morgan fingerprint density at radius 1 is 1.28 bits per heavy atom. The van der Waals surface area contributed by atoms with Crippen LogP contribution in [0.2, 0.25) is 5.02 Å². The molecular formula is C21H29ClN6O. The van der Waals surface area contributed by atoms with Gasteiger partial charge in [-0.3, -0.25) is 9.79 Å². The van der Waals surface area contributed by atoms with E-state index in [0.717, 1.165) is 30.4 Å². The summed E-state index contributed by atoms with van der Waals surface area (Å²) >= 11 is 5.94. The van der Waals surface area contributed by atoms with Gasteiger partial charge in [0, 0.05) is 50.6 Å². The number of rotatable bonds is 6. The van der Waals surface area contributed by atoms with Crippen molar-refractivity contribution in [3.63, 3.8) is 0 Å². The van der Waals surface area contributed by atoms with Crippen molar-refractivity contribution in [2.45, 2.75) is 33.5 Å². The first-order valence-corrected chi connectivity index (χ1v) is 10.3. The number of piperazine rings is 1. The van der Waals surface area contributed by atoms with E-state index in [0.29, 0.717) is 37.1 Å². The van der Waals surface area contributed by atoms with Crippen LogP contribution in [0.3, 0.4) is 0 Å². The minimum atomic E-state index is 0.0930. The molecule has 1 aromatic carbocycles. The molecule has 3 rings (SSSR count). The third-order valence-electron chi connectivity index (χ3n) is 4.88. The molecule has 1 N–H and O–H groups in total. The van der Waals surface area contributed by atoms with Gasteiger partial charge in [0.05, 0.1) is 13.1 Å². The molecule has 29 heavy (non-hydrogen) atoms. The van der Waals surface area contributed by atoms with Gasteiger partial charge in [-0.15, -0.1) is 0 Å². The van der Waals surface area contributed by atoms with Crippen molar-refractivity contribution in [3.05, 3.63) is 53.1 Å². The van der Waals surface area contributed by atoms with Gasteiger partial charge in [-0.25, -0.2) is 4.98 Å². The lowest BCUT2D eigenvalue weighted by Gasteiger charge is -2.36. The molecule has 1 aromatic heterocycles. The van der Waals surface area contributed by atoms with E-state index in [1.165, 1.54) is 0 Å². The second-order valence-corrected chi connectivity index (χ2v) is 8.09. The minimum absolute atomic E-state index is 0.0930. The van der Waals surface area contributed by atoms with Gasteiger partial charge in [0.2, 0.25) is 5.91 Å². The Hall–Kier alpha value is -2.54. The fraction of sp³-hybridized carbons (Fsp3) is 0.476. The molecule has 1 aliphatic heterocycles. The van der Waals surface area contributed by atoms with Crippen molar-refractivity contribution in [2.75, 3.05) is 26.7 Å². The highest BCUT2D eigenvalue weighted by atomic mass is 35.5. The van der Waals surface area contributed by atoms with Gasteiger partial charge in [0.1, 0.15) is 5.82 Å². The molecule has 0 bridgehead atoms. The Bertz CT molecular complexity index is 845. The zero-order chi connectivity index (χ0) is 20.8. The number of hydrogen-bond acceptors (Lipinski definition) is 3. The molecule has 8 heteroatoms. The number of hydrogen-bond donors (Lipinski definition) is 1. The van der Waals surface area contributed by atoms with E-state index in [-0.39, 0.29) is 5.91 Å². The average Bonchev–Trinajstić information content (AvgIpc) is 3.12. The number of benzene rings is 1. The van der Waals surface area contributed by atoms with Gasteiger partial charge in [-0.05, 0) is 23.6 Å². The largest absolute Gasteiger partial charge is 0.349 e. The van der Waals surface area contributed by atoms with Crippen molar-refractivity contribution in [1.29, 1.82) is 0 Å². The molecule has 2 aromatic rings. The normalized spacial score (nSPS) is 15.3. The molecule has 156 valence electrons. The standard InChI is InChI=1S/C21H29ClN6O/c1-16(2)13-26-9-8-24-19(26)12-25-21(23-3)28-11-10-27(20(29)15-28)14-17-4-6-18(22)7-5-17/h4-9,16H,10-15H2,1-3H3,(H,23,25). The number of imidazole rings is 1. The van der Waals surface area contributed by atoms with Crippen LogP contribution in [0.25, 0.3) is 0 Å². The van der Waals surface area contributed by atoms with E-state index in [1.807, 2.05) is 46.5 Å². The predicted molar refractivity (Wildman–Crippen MR) is 116 cm³/mol. The number of aromatic nitrogens is 2. The first kappa shape index (κ1) is 21.2. The molecule has 1 fully saturated rings. The highest BCUT2D eigenvalue weighted by Gasteiger charge is 2.26. The molecule has 0 atom stereocenters. The van der Waals surface area contributed by atoms with Crippen LogP contribution >= 0.6 is 11.6 Å². The molecule has 1 saturated heterocycles. The molecule has 0 radical (unpaired) electrons. The monoisotopic (exact) mass is 416 g/mol. The fourth-order valence-corrected chi connectivity index (χ4v) is 3.55. The molecule has 7 nitrogen and oxygen atoms in total. The Labute approximate surface area is 177 Å². The summed E-state index contributed by atoms with van der Waals surface area (Å²) in [7, 11) is 1.74. The predicted octanol–water partition coefficient (Wildman–Crippen LogP) is 2.61. The minimum Gasteiger partial charge on any atom is -0.349 e. The maximum atomic E-state index is 12.7. The van der Waals surface area contributed by atoms with Gasteiger partial charge in [-0.1, -0.05) is 37.6 Å². The van der Waals surface area contributed by atoms with E-state index >= 15 is 0 Å². The number of carbonyl (C=O) groups excluding carboxylic acids is 1. The lowest BCUT2D eigenvalue weighted by Crippen LogP contribution is -2.54. The first-order valence-electron chi connectivity index (χ1n) is 9.94. The summed E-state index contributed by atoms with van der Waals surface area (Å²) in [4.78, 5) is 25.3. The Kier molecular flexibility index (Phi) is 7.14. The molecule has 1 aliphatic rings. The summed E-state index contributed by atoms with van der Waals surface area (Å²) in [6, 6.07) is 7.63. The van der Waals surface area contributed by atoms with Crippen LogP contribution in [0.15, 0.2) is 41.7 Å². The van der Waals surface area contributed by atoms with Gasteiger partial charge in [-0.2, -0.15) is 0 Å². The van der Waals surface area contributed by atoms with Crippen molar-refractivity contribution in [1.82, 2.24) is 24.7 Å². The molecule has 0 unspecified atom stereocenters. The van der Waals surface area contributed by atoms with Crippen LogP contribution in [-0.2, 0) is 24.4 Å². The second kappa shape index (κ2) is 9.78. The third-order valence-corrected chi connectivity index (χ3v) is 5.14. The summed E-state index contributed by atoms with van der Waals surface area (Å²) in [5.41, 5.74) is 1.08. The van der Waals surface area contributed by atoms with Gasteiger partial charge >= 0.3 is 0 Å². The maximum Gasteiger partial charge on any atom is 0.242 e. The quantitative estimate of drug-likeness (QED) is 0.580. The van der Waals surface area contributed by atoms with E-state index < -0.39 is 0 Å². The SMILES string of the molecule is CN=C(NCc1nccn1CC(C)C)N1CCN(Cc2ccc(Cl)cc2)C(=O)C1. The van der Waals surface area contributed by atoms with Crippen molar-refractivity contribution >= 4 is 23.5 Å². The summed E-state index contributed by atoms with van der Waals surface area (Å²) in [5, 5.41) is 4.06. The number of halogens is 1. The number of aliphatic imine (C=N–C) groups is 1. The number of nitrogens with one attached hydrogen (secondary N) is 1. The third kappa shape index (κ3) is 5.73. The van der Waals surface area contributed by atoms with Crippen LogP contribution < -0.4 is 5.32 Å². The van der Waals surface area contributed by atoms with Crippen LogP contribution in [0, 0.1) is 5.92 Å². The second-order valence-electron chi connectivity index (χ2n) is 7.65. The van der Waals surface area contributed by atoms with Crippen molar-refractivity contribution in [3.8, 4) is 0 Å². The maximum absolute atomic E-state index is 12.7. The lowest BCUT2D eigenvalue weighted by atomic mass is 10.2. The van der Waals surface area contributed by atoms with Crippen LogP contribution in [0.4, 0.5) is 0 Å². The molecular weight excluding hydrogens is 388 g/mol. The Morgan fingerprint density at radius 2 is 2.03 bits per heavy atom. The highest BCUT2D eigenvalue weighted by molar-refractivity contribution is 6.30. The topological polar surface area (TPSA) is 65.8 Å². The van der Waals surface area contributed by atoms with Gasteiger partial charge in [0.25, 0.3) is 0 Å². The zero-order valence-corrected chi connectivity index (χ0v) is 18.1. The number of nitrogens with zero attached hydrogens (tertiary/aromatic N) is 5. The fourth-order valence-electron chi connectivity index (χ4n) is 3.42. The Morgan fingerprint density at radius 3 is 2.69 bits per heavy atom. The summed E-state index contributed by atoms with van der Waals surface area (Å²) in [6.45, 7) is 8.18. The van der Waals surface area contributed by atoms with E-state index in [1.54, 1.807) is 7.05 Å². The average molecular weight is 417 g/mol. The number of amides is 1. The zero-order valence-electron chi connectivity index (χ0n) is 17.3. The van der Waals surface area contributed by atoms with E-state index in [9.17, 15) is 4.79 Å². The first-order chi connectivity index (χ1) is 14.0. The molecule has 2 heterocycles. The smallest absolute Gasteiger partial charge is 0.242 e. The molecule has 0 spiro atoms. The lowest BCUT2D eigenvalue weighted by molar-refractivity contribution is -0.135. The Balaban J connectivity index is 1.54. The molecule has 0 aliphatic carbocycles. The van der Waals surface area contributed by atoms with Crippen molar-refractivity contribution < 1.29 is 4.79 Å². The summed E-state index contributed by atoms with van der Waals surface area (Å²) in [6.07, 6.45) is 3.82. The summed E-state index contributed by atoms with van der Waals surface area (Å²) in [5.74, 6) is 2.33. The number of carbonyl (C=O) groups is 1. The van der Waals surface area contributed by atoms with E-state index in [2.05, 4.69) is 33.7 Å². The summed E-state index contributed by atoms with van der Waals surface area (Å²) < 4.78 is 2.15. The highest BCUT2D eigenvalue weighted by Crippen LogP contribution is 2.14. The van der Waals surface area contributed by atoms with Gasteiger partial charge in [0.15, 0.2) is 5.96 Å². The molecule has 1 amide bonds.